The molecular formula is C29H31N5O6. The number of amides is 3. The zero-order chi connectivity index (χ0) is 27.6. The number of aryl methyl sites for hydroxylation is 1. The lowest BCUT2D eigenvalue weighted by molar-refractivity contribution is -0.123. The molecule has 2 atom stereocenters. The molecule has 1 saturated carbocycles. The van der Waals surface area contributed by atoms with Gasteiger partial charge in [0.1, 0.15) is 29.0 Å². The average Bonchev–Trinajstić information content (AvgIpc) is 3.56. The maximum Gasteiger partial charge on any atom is 0.274 e. The van der Waals surface area contributed by atoms with E-state index in [4.69, 9.17) is 14.2 Å². The lowest BCUT2D eigenvalue weighted by atomic mass is 10.1. The molecule has 2 N–H and O–H groups in total. The summed E-state index contributed by atoms with van der Waals surface area (Å²) in [6.07, 6.45) is 5.00. The molecule has 0 unspecified atom stereocenters. The number of hydrogen-bond acceptors (Lipinski definition) is 7. The van der Waals surface area contributed by atoms with Crippen LogP contribution in [0, 0.1) is 5.92 Å². The number of nitrogens with one attached hydrogen (secondary N) is 2. The van der Waals surface area contributed by atoms with E-state index in [2.05, 4.69) is 15.6 Å². The number of hydrogen-bond donors (Lipinski definition) is 2. The first-order valence-electron chi connectivity index (χ1n) is 13.4. The lowest BCUT2D eigenvalue weighted by Crippen LogP contribution is -2.45. The molecule has 4 heterocycles. The standard InChI is InChI=1S/C29H31N5O6/c1-33-12-25(31-17-33)29(37)34-13-24-26(14-34)40-21-6-4-18(5-7-21)11-30-27(35)16-39-23-9-20(28(36)32-24)8-22(10-23)38-15-19-2-3-19/h4-10,12,17,19,24,26H,2-3,11,13-16H2,1H3,(H,30,35)(H,32,36)/t24-,26-/m0/s1. The number of nitrogens with zero attached hydrogens (tertiary/aromatic N) is 3. The van der Waals surface area contributed by atoms with Crippen molar-refractivity contribution >= 4 is 17.7 Å². The smallest absolute Gasteiger partial charge is 0.274 e. The molecule has 3 aromatic rings. The third kappa shape index (κ3) is 6.03. The largest absolute Gasteiger partial charge is 0.493 e. The second-order valence-electron chi connectivity index (χ2n) is 10.5. The number of aromatic nitrogens is 2. The SMILES string of the molecule is Cn1cnc(C(=O)N2C[C@@H]3NC(=O)c4cc(cc(OCC5CC5)c4)OCC(=O)NCc4ccc(cc4)O[C@H]3C2)c1. The Hall–Kier alpha value is -4.54. The van der Waals surface area contributed by atoms with Gasteiger partial charge in [0.2, 0.25) is 0 Å². The van der Waals surface area contributed by atoms with Crippen molar-refractivity contribution < 1.29 is 28.6 Å². The van der Waals surface area contributed by atoms with Gasteiger partial charge in [-0.3, -0.25) is 14.4 Å². The van der Waals surface area contributed by atoms with Crippen LogP contribution in [-0.4, -0.2) is 70.6 Å². The zero-order valence-corrected chi connectivity index (χ0v) is 22.2. The fraction of sp³-hybridized carbons (Fsp3) is 0.379. The highest BCUT2D eigenvalue weighted by molar-refractivity contribution is 5.96. The van der Waals surface area contributed by atoms with Gasteiger partial charge < -0.3 is 34.3 Å². The number of rotatable bonds is 4. The van der Waals surface area contributed by atoms with Crippen LogP contribution in [0.15, 0.2) is 55.0 Å². The highest BCUT2D eigenvalue weighted by Crippen LogP contribution is 2.31. The fourth-order valence-electron chi connectivity index (χ4n) is 4.76. The summed E-state index contributed by atoms with van der Waals surface area (Å²) in [4.78, 5) is 45.0. The Morgan fingerprint density at radius 3 is 2.67 bits per heavy atom. The summed E-state index contributed by atoms with van der Waals surface area (Å²) in [5, 5.41) is 5.89. The lowest BCUT2D eigenvalue weighted by Gasteiger charge is -2.21. The van der Waals surface area contributed by atoms with Crippen LogP contribution >= 0.6 is 0 Å². The first-order valence-corrected chi connectivity index (χ1v) is 13.4. The van der Waals surface area contributed by atoms with Gasteiger partial charge in [0.15, 0.2) is 6.61 Å². The molecule has 4 bridgehead atoms. The van der Waals surface area contributed by atoms with Crippen molar-refractivity contribution in [2.24, 2.45) is 13.0 Å². The number of imidazole rings is 1. The van der Waals surface area contributed by atoms with E-state index in [0.717, 1.165) is 18.4 Å². The molecule has 1 aliphatic carbocycles. The number of carbonyl (C=O) groups excluding carboxylic acids is 3. The van der Waals surface area contributed by atoms with E-state index >= 15 is 0 Å². The number of likely N-dealkylation sites (tertiary alicyclic amines) is 1. The minimum atomic E-state index is -0.497. The Kier molecular flexibility index (Phi) is 7.02. The second-order valence-corrected chi connectivity index (χ2v) is 10.5. The van der Waals surface area contributed by atoms with E-state index in [0.29, 0.717) is 47.6 Å². The number of benzene rings is 2. The Bertz CT molecular complexity index is 1420. The van der Waals surface area contributed by atoms with Gasteiger partial charge in [-0.2, -0.15) is 0 Å². The van der Waals surface area contributed by atoms with Crippen LogP contribution in [-0.2, 0) is 18.4 Å². The molecule has 1 aromatic heterocycles. The van der Waals surface area contributed by atoms with Crippen LogP contribution in [0.2, 0.25) is 0 Å². The maximum atomic E-state index is 13.5. The molecule has 4 aliphatic rings. The summed E-state index contributed by atoms with van der Waals surface area (Å²) in [5.74, 6) is 1.09. The third-order valence-corrected chi connectivity index (χ3v) is 7.19. The van der Waals surface area contributed by atoms with Crippen molar-refractivity contribution in [3.63, 3.8) is 0 Å². The number of ether oxygens (including phenoxy) is 3. The summed E-state index contributed by atoms with van der Waals surface area (Å²) >= 11 is 0. The van der Waals surface area contributed by atoms with Crippen LogP contribution in [0.1, 0.15) is 39.3 Å². The third-order valence-electron chi connectivity index (χ3n) is 7.19. The first-order chi connectivity index (χ1) is 19.4. The Balaban J connectivity index is 1.28. The summed E-state index contributed by atoms with van der Waals surface area (Å²) in [6.45, 7) is 1.21. The molecule has 1 saturated heterocycles. The monoisotopic (exact) mass is 545 g/mol. The minimum absolute atomic E-state index is 0.205. The second kappa shape index (κ2) is 10.9. The predicted molar refractivity (Wildman–Crippen MR) is 143 cm³/mol. The molecule has 0 spiro atoms. The van der Waals surface area contributed by atoms with Gasteiger partial charge in [-0.15, -0.1) is 0 Å². The average molecular weight is 546 g/mol. The zero-order valence-electron chi connectivity index (χ0n) is 22.2. The van der Waals surface area contributed by atoms with Gasteiger partial charge in [-0.25, -0.2) is 4.98 Å². The Morgan fingerprint density at radius 2 is 1.93 bits per heavy atom. The van der Waals surface area contributed by atoms with Crippen LogP contribution in [0.4, 0.5) is 0 Å². The Labute approximate surface area is 231 Å². The maximum absolute atomic E-state index is 13.5. The molecule has 2 aromatic carbocycles. The van der Waals surface area contributed by atoms with Gasteiger partial charge in [0, 0.05) is 38.0 Å². The van der Waals surface area contributed by atoms with E-state index in [1.54, 1.807) is 47.2 Å². The minimum Gasteiger partial charge on any atom is -0.493 e. The van der Waals surface area contributed by atoms with E-state index in [1.165, 1.54) is 0 Å². The van der Waals surface area contributed by atoms with Crippen LogP contribution in [0.3, 0.4) is 0 Å². The molecule has 3 amide bonds. The Morgan fingerprint density at radius 1 is 1.10 bits per heavy atom. The summed E-state index contributed by atoms with van der Waals surface area (Å²) in [7, 11) is 1.80. The quantitative estimate of drug-likeness (QED) is 0.513. The van der Waals surface area contributed by atoms with Gasteiger partial charge in [-0.1, -0.05) is 12.1 Å². The molecule has 208 valence electrons. The topological polar surface area (TPSA) is 124 Å². The molecular weight excluding hydrogens is 514 g/mol. The van der Waals surface area contributed by atoms with Crippen molar-refractivity contribution in [1.82, 2.24) is 25.1 Å². The summed E-state index contributed by atoms with van der Waals surface area (Å²) in [5.41, 5.74) is 1.55. The van der Waals surface area contributed by atoms with Gasteiger partial charge in [0.25, 0.3) is 17.7 Å². The summed E-state index contributed by atoms with van der Waals surface area (Å²) < 4.78 is 19.7. The summed E-state index contributed by atoms with van der Waals surface area (Å²) in [6, 6.07) is 11.8. The highest BCUT2D eigenvalue weighted by atomic mass is 16.5. The predicted octanol–water partition coefficient (Wildman–Crippen LogP) is 1.92. The van der Waals surface area contributed by atoms with Crippen LogP contribution in [0.5, 0.6) is 17.2 Å². The van der Waals surface area contributed by atoms with E-state index in [1.807, 2.05) is 24.3 Å². The number of carbonyl (C=O) groups is 3. The van der Waals surface area contributed by atoms with Crippen molar-refractivity contribution in [2.45, 2.75) is 31.5 Å². The molecule has 11 nitrogen and oxygen atoms in total. The van der Waals surface area contributed by atoms with Crippen molar-refractivity contribution in [2.75, 3.05) is 26.3 Å². The molecule has 7 rings (SSSR count). The molecule has 0 radical (unpaired) electrons. The molecule has 11 heteroatoms. The molecule has 2 fully saturated rings. The van der Waals surface area contributed by atoms with Crippen LogP contribution < -0.4 is 24.8 Å². The fourth-order valence-corrected chi connectivity index (χ4v) is 4.76. The molecule has 3 aliphatic heterocycles. The van der Waals surface area contributed by atoms with E-state index in [9.17, 15) is 14.4 Å². The molecule has 40 heavy (non-hydrogen) atoms. The van der Waals surface area contributed by atoms with Gasteiger partial charge in [-0.05, 0) is 48.6 Å². The first kappa shape index (κ1) is 25.7. The number of fused-ring (bicyclic) bond motifs is 7. The van der Waals surface area contributed by atoms with Crippen molar-refractivity contribution in [3.8, 4) is 17.2 Å². The normalized spacial score (nSPS) is 21.0. The van der Waals surface area contributed by atoms with Crippen molar-refractivity contribution in [3.05, 3.63) is 71.8 Å². The van der Waals surface area contributed by atoms with Crippen LogP contribution in [0.25, 0.3) is 0 Å². The van der Waals surface area contributed by atoms with E-state index in [-0.39, 0.29) is 37.4 Å². The van der Waals surface area contributed by atoms with Gasteiger partial charge in [0.05, 0.1) is 25.5 Å². The van der Waals surface area contributed by atoms with E-state index < -0.39 is 12.1 Å². The highest BCUT2D eigenvalue weighted by Gasteiger charge is 2.39. The van der Waals surface area contributed by atoms with Gasteiger partial charge >= 0.3 is 0 Å². The van der Waals surface area contributed by atoms with Crippen molar-refractivity contribution in [1.29, 1.82) is 0 Å².